The third-order valence-corrected chi connectivity index (χ3v) is 2.88. The highest BCUT2D eigenvalue weighted by Gasteiger charge is 2.24. The molecule has 0 bridgehead atoms. The van der Waals surface area contributed by atoms with Gasteiger partial charge in [0.1, 0.15) is 6.04 Å². The van der Waals surface area contributed by atoms with E-state index in [4.69, 9.17) is 4.74 Å². The van der Waals surface area contributed by atoms with Crippen molar-refractivity contribution in [3.63, 3.8) is 0 Å². The lowest BCUT2D eigenvalue weighted by atomic mass is 10.1. The molecule has 2 atom stereocenters. The highest BCUT2D eigenvalue weighted by atomic mass is 16.5. The summed E-state index contributed by atoms with van der Waals surface area (Å²) in [6.45, 7) is 4.42. The Hall–Kier alpha value is -1.37. The van der Waals surface area contributed by atoms with Gasteiger partial charge in [-0.1, -0.05) is 30.3 Å². The van der Waals surface area contributed by atoms with Gasteiger partial charge in [-0.2, -0.15) is 5.26 Å². The third kappa shape index (κ3) is 2.41. The quantitative estimate of drug-likeness (QED) is 0.758. The van der Waals surface area contributed by atoms with E-state index in [1.807, 2.05) is 37.3 Å². The van der Waals surface area contributed by atoms with Gasteiger partial charge in [0.25, 0.3) is 0 Å². The minimum atomic E-state index is -0.146. The van der Waals surface area contributed by atoms with Crippen molar-refractivity contribution in [2.45, 2.75) is 19.1 Å². The molecule has 84 valence electrons. The lowest BCUT2D eigenvalue weighted by molar-refractivity contribution is -0.0269. The van der Waals surface area contributed by atoms with Gasteiger partial charge in [0, 0.05) is 13.1 Å². The summed E-state index contributed by atoms with van der Waals surface area (Å²) < 4.78 is 5.49. The van der Waals surface area contributed by atoms with E-state index in [0.29, 0.717) is 6.61 Å². The molecule has 0 unspecified atom stereocenters. The minimum Gasteiger partial charge on any atom is -0.376 e. The summed E-state index contributed by atoms with van der Waals surface area (Å²) in [6.07, 6.45) is 0.216. The van der Waals surface area contributed by atoms with Gasteiger partial charge in [-0.15, -0.1) is 0 Å². The molecule has 1 aromatic rings. The Bertz CT molecular complexity index is 371. The molecule has 0 saturated carbocycles. The van der Waals surface area contributed by atoms with Gasteiger partial charge in [0.2, 0.25) is 0 Å². The van der Waals surface area contributed by atoms with Crippen LogP contribution in [-0.4, -0.2) is 30.7 Å². The molecule has 1 aliphatic rings. The smallest absolute Gasteiger partial charge is 0.124 e. The number of rotatable bonds is 2. The zero-order valence-corrected chi connectivity index (χ0v) is 9.47. The topological polar surface area (TPSA) is 36.3 Å². The van der Waals surface area contributed by atoms with E-state index in [-0.39, 0.29) is 12.1 Å². The fourth-order valence-corrected chi connectivity index (χ4v) is 2.08. The molecule has 3 heteroatoms. The Morgan fingerprint density at radius 3 is 2.81 bits per heavy atom. The molecule has 3 nitrogen and oxygen atoms in total. The van der Waals surface area contributed by atoms with Gasteiger partial charge in [-0.25, -0.2) is 0 Å². The minimum absolute atomic E-state index is 0.146. The van der Waals surface area contributed by atoms with Gasteiger partial charge in [0.05, 0.1) is 18.8 Å². The summed E-state index contributed by atoms with van der Waals surface area (Å²) >= 11 is 0. The molecule has 16 heavy (non-hydrogen) atoms. The monoisotopic (exact) mass is 216 g/mol. The van der Waals surface area contributed by atoms with E-state index in [9.17, 15) is 5.26 Å². The molecule has 0 spiro atoms. The first-order chi connectivity index (χ1) is 7.81. The van der Waals surface area contributed by atoms with Gasteiger partial charge in [-0.3, -0.25) is 4.90 Å². The van der Waals surface area contributed by atoms with Crippen molar-refractivity contribution < 1.29 is 4.74 Å². The fraction of sp³-hybridized carbons (Fsp3) is 0.462. The first-order valence-corrected chi connectivity index (χ1v) is 5.61. The molecule has 0 aromatic heterocycles. The largest absolute Gasteiger partial charge is 0.376 e. The van der Waals surface area contributed by atoms with Crippen molar-refractivity contribution in [2.75, 3.05) is 19.7 Å². The zero-order chi connectivity index (χ0) is 11.4. The second-order valence-corrected chi connectivity index (χ2v) is 4.12. The van der Waals surface area contributed by atoms with Crippen LogP contribution in [0.1, 0.15) is 18.5 Å². The molecule has 1 fully saturated rings. The fourth-order valence-electron chi connectivity index (χ4n) is 2.08. The van der Waals surface area contributed by atoms with E-state index >= 15 is 0 Å². The average molecular weight is 216 g/mol. The van der Waals surface area contributed by atoms with Gasteiger partial charge in [0.15, 0.2) is 0 Å². The van der Waals surface area contributed by atoms with E-state index < -0.39 is 0 Å². The van der Waals surface area contributed by atoms with Gasteiger partial charge >= 0.3 is 0 Å². The van der Waals surface area contributed by atoms with Gasteiger partial charge < -0.3 is 4.74 Å². The Morgan fingerprint density at radius 1 is 1.44 bits per heavy atom. The van der Waals surface area contributed by atoms with Crippen LogP contribution in [0.5, 0.6) is 0 Å². The maximum absolute atomic E-state index is 9.29. The highest BCUT2D eigenvalue weighted by molar-refractivity contribution is 5.24. The lowest BCUT2D eigenvalue weighted by Crippen LogP contribution is -2.42. The summed E-state index contributed by atoms with van der Waals surface area (Å²) in [5.41, 5.74) is 1.07. The van der Waals surface area contributed by atoms with Crippen LogP contribution >= 0.6 is 0 Å². The Labute approximate surface area is 96.2 Å². The van der Waals surface area contributed by atoms with Crippen LogP contribution in [0, 0.1) is 11.3 Å². The number of benzene rings is 1. The molecule has 1 aliphatic heterocycles. The molecule has 0 amide bonds. The van der Waals surface area contributed by atoms with Crippen molar-refractivity contribution in [1.29, 1.82) is 5.26 Å². The summed E-state index contributed by atoms with van der Waals surface area (Å²) in [5.74, 6) is 0. The van der Waals surface area contributed by atoms with Crippen molar-refractivity contribution in [1.82, 2.24) is 4.90 Å². The maximum Gasteiger partial charge on any atom is 0.124 e. The second-order valence-electron chi connectivity index (χ2n) is 4.12. The van der Waals surface area contributed by atoms with Crippen LogP contribution in [0.3, 0.4) is 0 Å². The number of ether oxygens (including phenoxy) is 1. The molecule has 0 aliphatic carbocycles. The average Bonchev–Trinajstić information content (AvgIpc) is 2.31. The first kappa shape index (κ1) is 11.1. The van der Waals surface area contributed by atoms with E-state index in [1.54, 1.807) is 0 Å². The summed E-state index contributed by atoms with van der Waals surface area (Å²) in [4.78, 5) is 2.18. The molecule has 1 saturated heterocycles. The lowest BCUT2D eigenvalue weighted by Gasteiger charge is -2.34. The van der Waals surface area contributed by atoms with Gasteiger partial charge in [-0.05, 0) is 12.5 Å². The van der Waals surface area contributed by atoms with E-state index in [0.717, 1.165) is 18.7 Å². The molecular weight excluding hydrogens is 200 g/mol. The number of hydrogen-bond donors (Lipinski definition) is 0. The molecule has 1 aromatic carbocycles. The van der Waals surface area contributed by atoms with Crippen molar-refractivity contribution in [3.8, 4) is 6.07 Å². The number of hydrogen-bond acceptors (Lipinski definition) is 3. The third-order valence-electron chi connectivity index (χ3n) is 2.88. The normalized spacial score (nSPS) is 23.6. The molecule has 0 radical (unpaired) electrons. The van der Waals surface area contributed by atoms with Crippen LogP contribution in [-0.2, 0) is 4.74 Å². The second kappa shape index (κ2) is 5.11. The Kier molecular flexibility index (Phi) is 3.55. The zero-order valence-electron chi connectivity index (χ0n) is 9.47. The predicted molar refractivity (Wildman–Crippen MR) is 61.8 cm³/mol. The van der Waals surface area contributed by atoms with Crippen LogP contribution < -0.4 is 0 Å². The summed E-state index contributed by atoms with van der Waals surface area (Å²) in [5, 5.41) is 9.29. The predicted octanol–water partition coefficient (Wildman–Crippen LogP) is 1.97. The van der Waals surface area contributed by atoms with Crippen molar-refractivity contribution in [3.05, 3.63) is 35.9 Å². The van der Waals surface area contributed by atoms with Crippen LogP contribution in [0.25, 0.3) is 0 Å². The van der Waals surface area contributed by atoms with Crippen molar-refractivity contribution in [2.24, 2.45) is 0 Å². The number of nitriles is 1. The molecule has 1 heterocycles. The highest BCUT2D eigenvalue weighted by Crippen LogP contribution is 2.21. The number of morpholine rings is 1. The molecular formula is C13H16N2O. The van der Waals surface area contributed by atoms with E-state index in [1.165, 1.54) is 0 Å². The number of nitrogens with zero attached hydrogens (tertiary/aromatic N) is 2. The molecule has 0 N–H and O–H groups in total. The summed E-state index contributed by atoms with van der Waals surface area (Å²) in [6, 6.07) is 12.2. The Morgan fingerprint density at radius 2 is 2.19 bits per heavy atom. The van der Waals surface area contributed by atoms with Crippen LogP contribution in [0.2, 0.25) is 0 Å². The molecule has 2 rings (SSSR count). The standard InChI is InChI=1S/C13H16N2O/c1-11-10-15(7-8-16-11)13(9-14)12-5-3-2-4-6-12/h2-6,11,13H,7-8,10H2,1H3/t11-,13+/m0/s1. The SMILES string of the molecule is C[C@H]1CN([C@H](C#N)c2ccccc2)CCO1. The van der Waals surface area contributed by atoms with E-state index in [2.05, 4.69) is 11.0 Å². The van der Waals surface area contributed by atoms with Crippen molar-refractivity contribution >= 4 is 0 Å². The first-order valence-electron chi connectivity index (χ1n) is 5.61. The van der Waals surface area contributed by atoms with Crippen LogP contribution in [0.15, 0.2) is 30.3 Å². The maximum atomic E-state index is 9.29. The van der Waals surface area contributed by atoms with Crippen LogP contribution in [0.4, 0.5) is 0 Å². The summed E-state index contributed by atoms with van der Waals surface area (Å²) in [7, 11) is 0. The Balaban J connectivity index is 2.14.